The third kappa shape index (κ3) is 3.26. The number of aliphatic hydroxyl groups excluding tert-OH is 5. The quantitative estimate of drug-likeness (QED) is 0.248. The standard InChI is InChI=1S/C12H25N3O7/c13-3-1-4(14)11(10(20)7(3)17)22-12-6(15)9(19)8(18)5(2-16)21-12/h3-12,16-20H,1-2,13-15H2/t3-,4-,5-,6+,7-,8+,9-,10-,11+,12+/m0/s1. The second-order valence-electron chi connectivity index (χ2n) is 5.93. The molecular formula is C12H25N3O7. The van der Waals surface area contributed by atoms with Gasteiger partial charge < -0.3 is 52.2 Å². The number of rotatable bonds is 3. The summed E-state index contributed by atoms with van der Waals surface area (Å²) in [6.45, 7) is -0.544. The summed E-state index contributed by atoms with van der Waals surface area (Å²) in [7, 11) is 0. The maximum atomic E-state index is 10.0. The van der Waals surface area contributed by atoms with Crippen LogP contribution < -0.4 is 17.2 Å². The molecule has 1 aliphatic heterocycles. The van der Waals surface area contributed by atoms with Crippen LogP contribution in [0.2, 0.25) is 0 Å². The first-order valence-electron chi connectivity index (χ1n) is 7.18. The fourth-order valence-electron chi connectivity index (χ4n) is 2.85. The Balaban J connectivity index is 2.08. The fourth-order valence-corrected chi connectivity index (χ4v) is 2.85. The SMILES string of the molecule is N[C@H]1[C@@H](O[C@H]2[C@@H](O)[C@@H](O)[C@@H](N)C[C@@H]2N)O[C@@H](CO)[C@@H](O)[C@H]1O. The van der Waals surface area contributed by atoms with Crippen molar-refractivity contribution in [3.05, 3.63) is 0 Å². The van der Waals surface area contributed by atoms with Crippen molar-refractivity contribution in [1.29, 1.82) is 0 Å². The van der Waals surface area contributed by atoms with Gasteiger partial charge in [0.05, 0.1) is 18.8 Å². The molecule has 0 aromatic rings. The van der Waals surface area contributed by atoms with Crippen LogP contribution in [0.5, 0.6) is 0 Å². The number of aliphatic hydroxyl groups is 5. The smallest absolute Gasteiger partial charge is 0.176 e. The number of hydrogen-bond donors (Lipinski definition) is 8. The van der Waals surface area contributed by atoms with Gasteiger partial charge in [0.25, 0.3) is 0 Å². The third-order valence-electron chi connectivity index (χ3n) is 4.31. The molecule has 10 heteroatoms. The normalized spacial score (nSPS) is 53.5. The molecule has 0 unspecified atom stereocenters. The van der Waals surface area contributed by atoms with E-state index in [4.69, 9.17) is 31.8 Å². The second-order valence-corrected chi connectivity index (χ2v) is 5.93. The lowest BCUT2D eigenvalue weighted by Crippen LogP contribution is -2.67. The average molecular weight is 323 g/mol. The average Bonchev–Trinajstić information content (AvgIpc) is 2.49. The lowest BCUT2D eigenvalue weighted by Gasteiger charge is -2.45. The Hall–Kier alpha value is -0.400. The van der Waals surface area contributed by atoms with Crippen LogP contribution in [0, 0.1) is 0 Å². The van der Waals surface area contributed by atoms with Crippen LogP contribution in [0.3, 0.4) is 0 Å². The molecule has 1 saturated heterocycles. The summed E-state index contributed by atoms with van der Waals surface area (Å²) in [5.74, 6) is 0. The van der Waals surface area contributed by atoms with E-state index in [0.717, 1.165) is 0 Å². The molecule has 1 heterocycles. The van der Waals surface area contributed by atoms with Crippen molar-refractivity contribution >= 4 is 0 Å². The number of ether oxygens (including phenoxy) is 2. The Morgan fingerprint density at radius 3 is 2.14 bits per heavy atom. The molecule has 22 heavy (non-hydrogen) atoms. The van der Waals surface area contributed by atoms with Gasteiger partial charge in [-0.05, 0) is 6.42 Å². The van der Waals surface area contributed by atoms with Crippen LogP contribution >= 0.6 is 0 Å². The lowest BCUT2D eigenvalue weighted by atomic mass is 9.84. The van der Waals surface area contributed by atoms with Crippen LogP contribution in [0.1, 0.15) is 6.42 Å². The first-order valence-corrected chi connectivity index (χ1v) is 7.18. The predicted octanol–water partition coefficient (Wildman–Crippen LogP) is -5.08. The highest BCUT2D eigenvalue weighted by Crippen LogP contribution is 2.27. The summed E-state index contributed by atoms with van der Waals surface area (Å²) < 4.78 is 10.8. The zero-order valence-corrected chi connectivity index (χ0v) is 12.0. The van der Waals surface area contributed by atoms with Crippen molar-refractivity contribution in [1.82, 2.24) is 0 Å². The highest BCUT2D eigenvalue weighted by molar-refractivity contribution is 4.99. The highest BCUT2D eigenvalue weighted by atomic mass is 16.7. The van der Waals surface area contributed by atoms with Gasteiger partial charge in [0, 0.05) is 12.1 Å². The molecule has 1 saturated carbocycles. The van der Waals surface area contributed by atoms with E-state index in [1.54, 1.807) is 0 Å². The van der Waals surface area contributed by atoms with Gasteiger partial charge in [0.1, 0.15) is 30.5 Å². The van der Waals surface area contributed by atoms with Crippen LogP contribution in [0.25, 0.3) is 0 Å². The highest BCUT2D eigenvalue weighted by Gasteiger charge is 2.47. The summed E-state index contributed by atoms with van der Waals surface area (Å²) in [4.78, 5) is 0. The summed E-state index contributed by atoms with van der Waals surface area (Å²) in [6.07, 6.45) is -8.36. The van der Waals surface area contributed by atoms with E-state index >= 15 is 0 Å². The van der Waals surface area contributed by atoms with Crippen molar-refractivity contribution in [2.45, 2.75) is 67.5 Å². The Kier molecular flexibility index (Phi) is 5.72. The Morgan fingerprint density at radius 1 is 0.909 bits per heavy atom. The molecule has 11 N–H and O–H groups in total. The van der Waals surface area contributed by atoms with E-state index in [-0.39, 0.29) is 6.42 Å². The minimum Gasteiger partial charge on any atom is -0.394 e. The third-order valence-corrected chi connectivity index (χ3v) is 4.31. The molecule has 0 radical (unpaired) electrons. The van der Waals surface area contributed by atoms with Crippen molar-refractivity contribution in [3.63, 3.8) is 0 Å². The van der Waals surface area contributed by atoms with E-state index < -0.39 is 67.6 Å². The fraction of sp³-hybridized carbons (Fsp3) is 1.00. The van der Waals surface area contributed by atoms with Gasteiger partial charge in [-0.25, -0.2) is 0 Å². The summed E-state index contributed by atoms with van der Waals surface area (Å²) >= 11 is 0. The van der Waals surface area contributed by atoms with Crippen molar-refractivity contribution in [2.75, 3.05) is 6.61 Å². The maximum absolute atomic E-state index is 10.0. The molecular weight excluding hydrogens is 298 g/mol. The van der Waals surface area contributed by atoms with E-state index in [1.807, 2.05) is 0 Å². The topological polar surface area (TPSA) is 198 Å². The Bertz CT molecular complexity index is 375. The Labute approximate surface area is 127 Å². The molecule has 130 valence electrons. The molecule has 2 rings (SSSR count). The zero-order chi connectivity index (χ0) is 16.6. The van der Waals surface area contributed by atoms with Crippen LogP contribution in [0.15, 0.2) is 0 Å². The minimum absolute atomic E-state index is 0.222. The molecule has 1 aliphatic carbocycles. The van der Waals surface area contributed by atoms with E-state index in [2.05, 4.69) is 0 Å². The van der Waals surface area contributed by atoms with Crippen molar-refractivity contribution in [2.24, 2.45) is 17.2 Å². The van der Waals surface area contributed by atoms with Crippen molar-refractivity contribution in [3.8, 4) is 0 Å². The molecule has 10 nitrogen and oxygen atoms in total. The molecule has 0 bridgehead atoms. The molecule has 0 spiro atoms. The van der Waals surface area contributed by atoms with E-state index in [1.165, 1.54) is 0 Å². The summed E-state index contributed by atoms with van der Waals surface area (Å²) in [5.41, 5.74) is 17.3. The number of nitrogens with two attached hydrogens (primary N) is 3. The minimum atomic E-state index is -1.37. The molecule has 2 aliphatic rings. The van der Waals surface area contributed by atoms with E-state index in [9.17, 15) is 20.4 Å². The zero-order valence-electron chi connectivity index (χ0n) is 12.0. The van der Waals surface area contributed by atoms with Gasteiger partial charge in [0.15, 0.2) is 6.29 Å². The van der Waals surface area contributed by atoms with Gasteiger partial charge in [-0.15, -0.1) is 0 Å². The molecule has 0 aromatic heterocycles. The molecule has 2 fully saturated rings. The van der Waals surface area contributed by atoms with Crippen LogP contribution in [0.4, 0.5) is 0 Å². The first-order chi connectivity index (χ1) is 10.3. The molecule has 10 atom stereocenters. The Morgan fingerprint density at radius 2 is 1.55 bits per heavy atom. The van der Waals surface area contributed by atoms with Crippen molar-refractivity contribution < 1.29 is 35.0 Å². The summed E-state index contributed by atoms with van der Waals surface area (Å²) in [5, 5.41) is 48.6. The maximum Gasteiger partial charge on any atom is 0.176 e. The number of hydrogen-bond acceptors (Lipinski definition) is 10. The van der Waals surface area contributed by atoms with Crippen LogP contribution in [-0.4, -0.2) is 93.2 Å². The monoisotopic (exact) mass is 323 g/mol. The van der Waals surface area contributed by atoms with Gasteiger partial charge in [0.2, 0.25) is 0 Å². The predicted molar refractivity (Wildman–Crippen MR) is 73.2 cm³/mol. The van der Waals surface area contributed by atoms with Gasteiger partial charge in [-0.3, -0.25) is 0 Å². The molecule has 0 aromatic carbocycles. The van der Waals surface area contributed by atoms with E-state index in [0.29, 0.717) is 0 Å². The lowest BCUT2D eigenvalue weighted by molar-refractivity contribution is -0.293. The summed E-state index contributed by atoms with van der Waals surface area (Å²) in [6, 6.07) is -2.45. The molecule has 0 amide bonds. The second kappa shape index (κ2) is 7.01. The van der Waals surface area contributed by atoms with Crippen LogP contribution in [-0.2, 0) is 9.47 Å². The van der Waals surface area contributed by atoms with Gasteiger partial charge >= 0.3 is 0 Å². The largest absolute Gasteiger partial charge is 0.394 e. The van der Waals surface area contributed by atoms with Gasteiger partial charge in [-0.2, -0.15) is 0 Å². The van der Waals surface area contributed by atoms with Gasteiger partial charge in [-0.1, -0.05) is 0 Å². The first kappa shape index (κ1) is 17.9.